The molecule has 8 aromatic rings. The van der Waals surface area contributed by atoms with Gasteiger partial charge in [-0.2, -0.15) is 0 Å². The summed E-state index contributed by atoms with van der Waals surface area (Å²) in [5.74, 6) is 0. The summed E-state index contributed by atoms with van der Waals surface area (Å²) in [5.41, 5.74) is 10.6. The molecule has 0 aliphatic rings. The Morgan fingerprint density at radius 1 is 0.289 bits per heavy atom. The first-order valence-electron chi connectivity index (χ1n) is 15.5. The first-order chi connectivity index (χ1) is 22.3. The summed E-state index contributed by atoms with van der Waals surface area (Å²) in [6.45, 7) is 0. The Morgan fingerprint density at radius 3 is 1.56 bits per heavy atom. The van der Waals surface area contributed by atoms with E-state index in [4.69, 9.17) is 0 Å². The lowest BCUT2D eigenvalue weighted by Crippen LogP contribution is -2.11. The Morgan fingerprint density at radius 2 is 0.800 bits per heavy atom. The van der Waals surface area contributed by atoms with Crippen LogP contribution in [-0.2, 0) is 0 Å². The van der Waals surface area contributed by atoms with Gasteiger partial charge in [0.1, 0.15) is 0 Å². The van der Waals surface area contributed by atoms with Gasteiger partial charge in [0.15, 0.2) is 0 Å². The molecule has 1 nitrogen and oxygen atoms in total. The molecule has 0 fully saturated rings. The van der Waals surface area contributed by atoms with E-state index < -0.39 is 0 Å². The topological polar surface area (TPSA) is 3.24 Å². The molecule has 0 saturated carbocycles. The van der Waals surface area contributed by atoms with Crippen molar-refractivity contribution in [1.29, 1.82) is 0 Å². The van der Waals surface area contributed by atoms with Crippen molar-refractivity contribution in [1.82, 2.24) is 0 Å². The zero-order valence-electron chi connectivity index (χ0n) is 24.8. The predicted octanol–water partition coefficient (Wildman–Crippen LogP) is 12.5. The number of hydrogen-bond acceptors (Lipinski definition) is 1. The molecule has 0 aromatic heterocycles. The van der Waals surface area contributed by atoms with Gasteiger partial charge in [-0.3, -0.25) is 0 Å². The van der Waals surface area contributed by atoms with E-state index in [9.17, 15) is 0 Å². The Balaban J connectivity index is 1.33. The highest BCUT2D eigenvalue weighted by Gasteiger charge is 2.20. The first-order valence-corrected chi connectivity index (χ1v) is 15.5. The Bertz CT molecular complexity index is 2270. The second kappa shape index (κ2) is 11.6. The van der Waals surface area contributed by atoms with Gasteiger partial charge in [0.2, 0.25) is 0 Å². The highest BCUT2D eigenvalue weighted by Crippen LogP contribution is 2.45. The Labute approximate surface area is 264 Å². The zero-order chi connectivity index (χ0) is 30.0. The molecule has 8 aromatic carbocycles. The van der Waals surface area contributed by atoms with E-state index in [1.807, 2.05) is 0 Å². The monoisotopic (exact) mass is 573 g/mol. The number of para-hydroxylation sites is 2. The summed E-state index contributed by atoms with van der Waals surface area (Å²) >= 11 is 0. The minimum absolute atomic E-state index is 1.12. The van der Waals surface area contributed by atoms with Crippen LogP contribution >= 0.6 is 0 Å². The number of fused-ring (bicyclic) bond motifs is 3. The molecule has 8 rings (SSSR count). The molecule has 45 heavy (non-hydrogen) atoms. The molecule has 0 unspecified atom stereocenters. The van der Waals surface area contributed by atoms with Crippen molar-refractivity contribution in [3.8, 4) is 33.4 Å². The Hall–Kier alpha value is -5.92. The van der Waals surface area contributed by atoms with Crippen LogP contribution in [0.5, 0.6) is 0 Å². The molecule has 212 valence electrons. The molecule has 0 atom stereocenters. The summed E-state index contributed by atoms with van der Waals surface area (Å²) < 4.78 is 0. The van der Waals surface area contributed by atoms with Crippen LogP contribution in [0.3, 0.4) is 0 Å². The minimum atomic E-state index is 1.12. The standard InChI is InChI=1S/C44H31N/c1-3-15-32(16-4-1)38-21-9-10-22-40(38)41-23-11-12-24-42(41)43-25-13-14-26-44(43)45(35-18-5-2-6-19-35)36-29-30-39-34(31-36)28-27-33-17-7-8-20-37(33)39/h1-31H. The van der Waals surface area contributed by atoms with Gasteiger partial charge in [0, 0.05) is 16.9 Å². The van der Waals surface area contributed by atoms with E-state index in [-0.39, 0.29) is 0 Å². The lowest BCUT2D eigenvalue weighted by atomic mass is 9.88. The van der Waals surface area contributed by atoms with Gasteiger partial charge in [-0.25, -0.2) is 0 Å². The molecule has 0 aliphatic carbocycles. The fraction of sp³-hybridized carbons (Fsp3) is 0. The molecule has 0 radical (unpaired) electrons. The average Bonchev–Trinajstić information content (AvgIpc) is 3.13. The molecule has 0 N–H and O–H groups in total. The molecule has 0 bridgehead atoms. The van der Waals surface area contributed by atoms with Crippen molar-refractivity contribution in [2.24, 2.45) is 0 Å². The van der Waals surface area contributed by atoms with Crippen LogP contribution in [0.1, 0.15) is 0 Å². The van der Waals surface area contributed by atoms with Crippen molar-refractivity contribution < 1.29 is 0 Å². The van der Waals surface area contributed by atoms with E-state index in [1.165, 1.54) is 54.9 Å². The smallest absolute Gasteiger partial charge is 0.0540 e. The van der Waals surface area contributed by atoms with E-state index in [1.54, 1.807) is 0 Å². The van der Waals surface area contributed by atoms with Crippen molar-refractivity contribution in [3.63, 3.8) is 0 Å². The van der Waals surface area contributed by atoms with E-state index in [0.717, 1.165) is 17.1 Å². The van der Waals surface area contributed by atoms with Crippen molar-refractivity contribution >= 4 is 38.6 Å². The molecule has 0 saturated heterocycles. The maximum atomic E-state index is 2.39. The third-order valence-corrected chi connectivity index (χ3v) is 8.67. The summed E-state index contributed by atoms with van der Waals surface area (Å²) in [6, 6.07) is 67.6. The lowest BCUT2D eigenvalue weighted by Gasteiger charge is -2.29. The normalized spacial score (nSPS) is 11.1. The number of hydrogen-bond donors (Lipinski definition) is 0. The summed E-state index contributed by atoms with van der Waals surface area (Å²) in [5, 5.41) is 5.03. The fourth-order valence-corrected chi connectivity index (χ4v) is 6.58. The van der Waals surface area contributed by atoms with Crippen LogP contribution in [0.25, 0.3) is 54.9 Å². The number of nitrogens with zero attached hydrogens (tertiary/aromatic N) is 1. The van der Waals surface area contributed by atoms with Crippen LogP contribution in [0.15, 0.2) is 188 Å². The van der Waals surface area contributed by atoms with E-state index in [2.05, 4.69) is 193 Å². The summed E-state index contributed by atoms with van der Waals surface area (Å²) in [4.78, 5) is 2.39. The largest absolute Gasteiger partial charge is 0.310 e. The molecule has 0 aliphatic heterocycles. The Kier molecular flexibility index (Phi) is 6.90. The molecular formula is C44H31N. The van der Waals surface area contributed by atoms with Gasteiger partial charge in [-0.1, -0.05) is 158 Å². The second-order valence-electron chi connectivity index (χ2n) is 11.3. The third kappa shape index (κ3) is 4.95. The van der Waals surface area contributed by atoms with Crippen molar-refractivity contribution in [3.05, 3.63) is 188 Å². The summed E-state index contributed by atoms with van der Waals surface area (Å²) in [6.07, 6.45) is 0. The zero-order valence-corrected chi connectivity index (χ0v) is 24.8. The SMILES string of the molecule is c1ccc(-c2ccccc2-c2ccccc2-c2ccccc2N(c2ccccc2)c2ccc3c(ccc4ccccc43)c2)cc1. The van der Waals surface area contributed by atoms with Crippen molar-refractivity contribution in [2.75, 3.05) is 4.90 Å². The van der Waals surface area contributed by atoms with Crippen LogP contribution in [0, 0.1) is 0 Å². The highest BCUT2D eigenvalue weighted by molar-refractivity contribution is 6.09. The molecule has 0 heterocycles. The quantitative estimate of drug-likeness (QED) is 0.179. The van der Waals surface area contributed by atoms with Crippen LogP contribution < -0.4 is 4.90 Å². The van der Waals surface area contributed by atoms with Crippen LogP contribution in [-0.4, -0.2) is 0 Å². The van der Waals surface area contributed by atoms with Crippen molar-refractivity contribution in [2.45, 2.75) is 0 Å². The number of benzene rings is 8. The number of rotatable bonds is 6. The molecular weight excluding hydrogens is 542 g/mol. The lowest BCUT2D eigenvalue weighted by molar-refractivity contribution is 1.29. The maximum absolute atomic E-state index is 2.39. The van der Waals surface area contributed by atoms with Gasteiger partial charge in [-0.05, 0) is 79.7 Å². The highest BCUT2D eigenvalue weighted by atomic mass is 15.1. The van der Waals surface area contributed by atoms with Gasteiger partial charge in [-0.15, -0.1) is 0 Å². The van der Waals surface area contributed by atoms with Gasteiger partial charge in [0.25, 0.3) is 0 Å². The van der Waals surface area contributed by atoms with Crippen LogP contribution in [0.2, 0.25) is 0 Å². The first kappa shape index (κ1) is 26.7. The van der Waals surface area contributed by atoms with Gasteiger partial charge in [0.05, 0.1) is 5.69 Å². The second-order valence-corrected chi connectivity index (χ2v) is 11.3. The van der Waals surface area contributed by atoms with E-state index in [0.29, 0.717) is 0 Å². The van der Waals surface area contributed by atoms with Gasteiger partial charge >= 0.3 is 0 Å². The van der Waals surface area contributed by atoms with Gasteiger partial charge < -0.3 is 4.90 Å². The predicted molar refractivity (Wildman–Crippen MR) is 192 cm³/mol. The molecule has 0 spiro atoms. The maximum Gasteiger partial charge on any atom is 0.0540 e. The fourth-order valence-electron chi connectivity index (χ4n) is 6.58. The van der Waals surface area contributed by atoms with Crippen LogP contribution in [0.4, 0.5) is 17.1 Å². The molecule has 0 amide bonds. The summed E-state index contributed by atoms with van der Waals surface area (Å²) in [7, 11) is 0. The molecule has 1 heteroatoms. The minimum Gasteiger partial charge on any atom is -0.310 e. The average molecular weight is 574 g/mol. The van der Waals surface area contributed by atoms with E-state index >= 15 is 0 Å². The number of anilines is 3. The third-order valence-electron chi connectivity index (χ3n) is 8.67.